The van der Waals surface area contributed by atoms with E-state index in [1.54, 1.807) is 24.4 Å². The number of hydrogen-bond donors (Lipinski definition) is 1. The third-order valence-corrected chi connectivity index (χ3v) is 2.22. The number of carbonyl (C=O) groups is 1. The van der Waals surface area contributed by atoms with Crippen LogP contribution in [0.5, 0.6) is 0 Å². The predicted molar refractivity (Wildman–Crippen MR) is 63.4 cm³/mol. The third-order valence-electron chi connectivity index (χ3n) is 2.22. The summed E-state index contributed by atoms with van der Waals surface area (Å²) in [4.78, 5) is 15.0. The molecule has 0 fully saturated rings. The molecule has 0 aliphatic heterocycles. The lowest BCUT2D eigenvalue weighted by Gasteiger charge is -2.03. The van der Waals surface area contributed by atoms with Crippen molar-refractivity contribution in [2.75, 3.05) is 0 Å². The van der Waals surface area contributed by atoms with Crippen molar-refractivity contribution in [1.82, 2.24) is 4.98 Å². The number of nitrogens with zero attached hydrogens (tertiary/aromatic N) is 1. The lowest BCUT2D eigenvalue weighted by atomic mass is 10.1. The highest BCUT2D eigenvalue weighted by molar-refractivity contribution is 6.02. The summed E-state index contributed by atoms with van der Waals surface area (Å²) in [6.07, 6.45) is 1.61. The van der Waals surface area contributed by atoms with E-state index in [4.69, 9.17) is 5.11 Å². The van der Waals surface area contributed by atoms with Gasteiger partial charge >= 0.3 is 5.97 Å². The number of carboxylic acids is 1. The van der Waals surface area contributed by atoms with E-state index in [9.17, 15) is 4.79 Å². The monoisotopic (exact) mass is 217 g/mol. The minimum Gasteiger partial charge on any atom is -0.478 e. The normalized spacial score (nSPS) is 9.67. The van der Waals surface area contributed by atoms with Crippen LogP contribution in [0.1, 0.15) is 15.9 Å². The fraction of sp³-hybridized carbons (Fsp3) is 0.0909. The number of hydrogen-bond acceptors (Lipinski definition) is 2. The molecule has 15 heavy (non-hydrogen) atoms. The molecule has 0 bridgehead atoms. The Hall–Kier alpha value is -1.37. The minimum absolute atomic E-state index is 0. The van der Waals surface area contributed by atoms with Gasteiger partial charge in [0.05, 0.1) is 11.1 Å². The maximum Gasteiger partial charge on any atom is 0.337 e. The van der Waals surface area contributed by atoms with E-state index >= 15 is 0 Å². The highest BCUT2D eigenvalue weighted by Gasteiger charge is 2.09. The van der Waals surface area contributed by atoms with Crippen LogP contribution in [0, 0.1) is 6.92 Å². The molecular weight excluding hydrogens is 205 g/mol. The highest BCUT2D eigenvalue weighted by atomic mass is 27.0. The first-order valence-electron chi connectivity index (χ1n) is 4.28. The highest BCUT2D eigenvalue weighted by Crippen LogP contribution is 2.19. The number of rotatable bonds is 1. The van der Waals surface area contributed by atoms with Crippen LogP contribution in [0.25, 0.3) is 10.9 Å². The van der Waals surface area contributed by atoms with Gasteiger partial charge in [-0.2, -0.15) is 0 Å². The molecule has 0 amide bonds. The zero-order chi connectivity index (χ0) is 10.1. The van der Waals surface area contributed by atoms with Crippen LogP contribution in [0.4, 0.5) is 0 Å². The molecule has 2 aromatic rings. The van der Waals surface area contributed by atoms with Gasteiger partial charge in [0.1, 0.15) is 0 Å². The minimum atomic E-state index is -0.936. The van der Waals surface area contributed by atoms with E-state index in [-0.39, 0.29) is 22.9 Å². The Morgan fingerprint density at radius 2 is 2.07 bits per heavy atom. The van der Waals surface area contributed by atoms with E-state index in [2.05, 4.69) is 4.98 Å². The van der Waals surface area contributed by atoms with Crippen molar-refractivity contribution in [3.63, 3.8) is 0 Å². The van der Waals surface area contributed by atoms with Crippen molar-refractivity contribution in [2.45, 2.75) is 6.92 Å². The van der Waals surface area contributed by atoms with E-state index in [0.717, 1.165) is 10.9 Å². The molecule has 0 unspecified atom stereocenters. The Morgan fingerprint density at radius 3 is 2.73 bits per heavy atom. The van der Waals surface area contributed by atoms with Crippen molar-refractivity contribution >= 4 is 34.2 Å². The number of aromatic carboxylic acids is 1. The van der Waals surface area contributed by atoms with E-state index < -0.39 is 5.97 Å². The molecule has 0 spiro atoms. The zero-order valence-corrected chi connectivity index (χ0v) is 7.69. The molecule has 4 heteroatoms. The van der Waals surface area contributed by atoms with Crippen LogP contribution in [-0.2, 0) is 0 Å². The molecule has 0 aliphatic rings. The molecule has 1 heterocycles. The summed E-state index contributed by atoms with van der Waals surface area (Å²) in [5, 5.41) is 9.83. The fourth-order valence-electron chi connectivity index (χ4n) is 1.49. The predicted octanol–water partition coefficient (Wildman–Crippen LogP) is 1.06. The van der Waals surface area contributed by atoms with Gasteiger partial charge in [0.2, 0.25) is 0 Å². The molecule has 0 atom stereocenters. The van der Waals surface area contributed by atoms with Gasteiger partial charge in [-0.1, -0.05) is 12.1 Å². The number of pyridine rings is 1. The molecule has 0 aliphatic carbocycles. The summed E-state index contributed by atoms with van der Waals surface area (Å²) in [6, 6.07) is 7.07. The second-order valence-corrected chi connectivity index (χ2v) is 3.13. The Labute approximate surface area is 97.9 Å². The maximum atomic E-state index is 10.9. The molecule has 3 nitrogen and oxygen atoms in total. The largest absolute Gasteiger partial charge is 0.478 e. The van der Waals surface area contributed by atoms with Gasteiger partial charge in [-0.3, -0.25) is 4.98 Å². The van der Waals surface area contributed by atoms with Crippen molar-refractivity contribution in [2.24, 2.45) is 0 Å². The number of aryl methyl sites for hydroxylation is 1. The summed E-state index contributed by atoms with van der Waals surface area (Å²) in [6.45, 7) is 1.94. The van der Waals surface area contributed by atoms with Gasteiger partial charge in [0.15, 0.2) is 17.4 Å². The number of aromatic nitrogens is 1. The van der Waals surface area contributed by atoms with Crippen molar-refractivity contribution in [3.05, 3.63) is 41.6 Å². The molecule has 1 aromatic carbocycles. The quantitative estimate of drug-likeness (QED) is 0.726. The molecule has 2 rings (SSSR count). The number of carboxylic acid groups (broad SMARTS) is 1. The summed E-state index contributed by atoms with van der Waals surface area (Å²) in [5.74, 6) is -0.936. The molecule has 0 saturated heterocycles. The molecular formula is C11H12AlNO2. The summed E-state index contributed by atoms with van der Waals surface area (Å²) >= 11 is 0. The first kappa shape index (κ1) is 11.7. The fourth-order valence-corrected chi connectivity index (χ4v) is 1.49. The summed E-state index contributed by atoms with van der Waals surface area (Å²) in [5.41, 5.74) is 1.85. The summed E-state index contributed by atoms with van der Waals surface area (Å²) < 4.78 is 0. The summed E-state index contributed by atoms with van der Waals surface area (Å²) in [7, 11) is 0. The molecule has 76 valence electrons. The first-order chi connectivity index (χ1) is 6.70. The van der Waals surface area contributed by atoms with Gasteiger partial charge in [-0.25, -0.2) is 4.79 Å². The standard InChI is InChI=1S/C11H9NO2.Al.3H/c1-7-4-5-9(11(13)14)10-8(7)3-2-6-12-10;;;;/h2-6H,1H3,(H,13,14);;;;. The van der Waals surface area contributed by atoms with Gasteiger partial charge in [-0.05, 0) is 24.6 Å². The second kappa shape index (κ2) is 4.43. The topological polar surface area (TPSA) is 50.2 Å². The van der Waals surface area contributed by atoms with Crippen molar-refractivity contribution in [3.8, 4) is 0 Å². The Balaban J connectivity index is 0.00000112. The zero-order valence-electron chi connectivity index (χ0n) is 7.69. The second-order valence-electron chi connectivity index (χ2n) is 3.13. The molecule has 1 aromatic heterocycles. The smallest absolute Gasteiger partial charge is 0.337 e. The molecule has 0 radical (unpaired) electrons. The van der Waals surface area contributed by atoms with E-state index in [1.165, 1.54) is 0 Å². The van der Waals surface area contributed by atoms with Crippen LogP contribution in [0.3, 0.4) is 0 Å². The van der Waals surface area contributed by atoms with Crippen molar-refractivity contribution in [1.29, 1.82) is 0 Å². The van der Waals surface area contributed by atoms with Crippen LogP contribution < -0.4 is 0 Å². The average molecular weight is 217 g/mol. The van der Waals surface area contributed by atoms with Crippen LogP contribution >= 0.6 is 0 Å². The van der Waals surface area contributed by atoms with Gasteiger partial charge < -0.3 is 5.11 Å². The van der Waals surface area contributed by atoms with Gasteiger partial charge in [0.25, 0.3) is 0 Å². The Morgan fingerprint density at radius 1 is 1.33 bits per heavy atom. The molecule has 0 saturated carbocycles. The SMILES string of the molecule is Cc1ccc(C(=O)O)c2ncccc12.[AlH3]. The van der Waals surface area contributed by atoms with E-state index in [1.807, 2.05) is 13.0 Å². The lowest BCUT2D eigenvalue weighted by Crippen LogP contribution is -1.99. The maximum absolute atomic E-state index is 10.9. The van der Waals surface area contributed by atoms with E-state index in [0.29, 0.717) is 5.52 Å². The van der Waals surface area contributed by atoms with Crippen LogP contribution in [0.15, 0.2) is 30.5 Å². The Kier molecular flexibility index (Phi) is 3.46. The van der Waals surface area contributed by atoms with Gasteiger partial charge in [-0.15, -0.1) is 0 Å². The number of benzene rings is 1. The third kappa shape index (κ3) is 2.01. The Bertz CT molecular complexity index is 511. The number of fused-ring (bicyclic) bond motifs is 1. The van der Waals surface area contributed by atoms with Crippen LogP contribution in [0.2, 0.25) is 0 Å². The lowest BCUT2D eigenvalue weighted by molar-refractivity contribution is 0.0699. The molecule has 1 N–H and O–H groups in total. The first-order valence-corrected chi connectivity index (χ1v) is 4.28. The van der Waals surface area contributed by atoms with Crippen LogP contribution in [-0.4, -0.2) is 33.4 Å². The van der Waals surface area contributed by atoms with Gasteiger partial charge in [0, 0.05) is 11.6 Å². The van der Waals surface area contributed by atoms with Crippen molar-refractivity contribution < 1.29 is 9.90 Å². The average Bonchev–Trinajstić information content (AvgIpc) is 2.18.